The van der Waals surface area contributed by atoms with Crippen LogP contribution in [-0.2, 0) is 0 Å². The number of nitrogens with zero attached hydrogens (tertiary/aromatic N) is 1. The van der Waals surface area contributed by atoms with Crippen LogP contribution in [-0.4, -0.2) is 12.9 Å². The van der Waals surface area contributed by atoms with E-state index in [1.807, 2.05) is 31.4 Å². The first kappa shape index (κ1) is 17.8. The van der Waals surface area contributed by atoms with Gasteiger partial charge in [0.25, 0.3) is 0 Å². The van der Waals surface area contributed by atoms with Crippen LogP contribution in [0.15, 0.2) is 52.2 Å². The minimum absolute atomic E-state index is 0.747. The molecule has 2 nitrogen and oxygen atoms in total. The molecule has 0 saturated carbocycles. The van der Waals surface area contributed by atoms with Gasteiger partial charge in [-0.05, 0) is 44.6 Å². The topological polar surface area (TPSA) is 24.4 Å². The second-order valence-electron chi connectivity index (χ2n) is 5.16. The molecule has 0 aromatic heterocycles. The van der Waals surface area contributed by atoms with E-state index in [0.717, 1.165) is 36.6 Å². The zero-order valence-corrected chi connectivity index (χ0v) is 14.0. The smallest absolute Gasteiger partial charge is 0.104 e. The molecule has 0 atom stereocenters. The Kier molecular flexibility index (Phi) is 8.84. The number of amidine groups is 1. The van der Waals surface area contributed by atoms with Gasteiger partial charge in [0.05, 0.1) is 0 Å². The fourth-order valence-corrected chi connectivity index (χ4v) is 2.61. The molecule has 1 aliphatic rings. The van der Waals surface area contributed by atoms with Crippen molar-refractivity contribution in [2.45, 2.75) is 51.9 Å². The van der Waals surface area contributed by atoms with Crippen LogP contribution in [0.1, 0.15) is 51.9 Å². The summed E-state index contributed by atoms with van der Waals surface area (Å²) in [4.78, 5) is 4.35. The Hall–Kier alpha value is -1.28. The van der Waals surface area contributed by atoms with Crippen LogP contribution in [0, 0.1) is 0 Å². The minimum Gasteiger partial charge on any atom is -0.347 e. The van der Waals surface area contributed by atoms with E-state index in [0.29, 0.717) is 0 Å². The first-order valence-electron chi connectivity index (χ1n) is 7.77. The normalized spacial score (nSPS) is 17.5. The molecule has 0 fully saturated rings. The maximum absolute atomic E-state index is 6.08. The van der Waals surface area contributed by atoms with E-state index in [-0.39, 0.29) is 0 Å². The van der Waals surface area contributed by atoms with Crippen molar-refractivity contribution in [1.82, 2.24) is 5.32 Å². The van der Waals surface area contributed by atoms with Crippen LogP contribution in [0.3, 0.4) is 0 Å². The predicted molar refractivity (Wildman–Crippen MR) is 94.8 cm³/mol. The van der Waals surface area contributed by atoms with Gasteiger partial charge in [-0.3, -0.25) is 4.99 Å². The Bertz CT molecular complexity index is 456. The van der Waals surface area contributed by atoms with Crippen molar-refractivity contribution in [3.63, 3.8) is 0 Å². The number of hydrogen-bond donors (Lipinski definition) is 1. The Morgan fingerprint density at radius 3 is 2.81 bits per heavy atom. The summed E-state index contributed by atoms with van der Waals surface area (Å²) in [6.07, 6.45) is 15.4. The monoisotopic (exact) mass is 306 g/mol. The van der Waals surface area contributed by atoms with E-state index < -0.39 is 0 Å². The number of halogens is 1. The van der Waals surface area contributed by atoms with Gasteiger partial charge in [0.15, 0.2) is 0 Å². The number of aliphatic imine (C=N–C) groups is 1. The lowest BCUT2D eigenvalue weighted by Gasteiger charge is -2.21. The first-order chi connectivity index (χ1) is 10.2. The number of nitrogens with one attached hydrogen (secondary N) is 1. The highest BCUT2D eigenvalue weighted by molar-refractivity contribution is 6.31. The van der Waals surface area contributed by atoms with Gasteiger partial charge in [0, 0.05) is 24.2 Å². The molecule has 0 aromatic rings. The van der Waals surface area contributed by atoms with Crippen molar-refractivity contribution in [2.24, 2.45) is 4.99 Å². The maximum atomic E-state index is 6.08. The molecule has 116 valence electrons. The molecule has 0 spiro atoms. The summed E-state index contributed by atoms with van der Waals surface area (Å²) < 4.78 is 0. The van der Waals surface area contributed by atoms with Gasteiger partial charge in [0.1, 0.15) is 5.84 Å². The third kappa shape index (κ3) is 6.81. The lowest BCUT2D eigenvalue weighted by atomic mass is 9.94. The van der Waals surface area contributed by atoms with Crippen molar-refractivity contribution < 1.29 is 0 Å². The highest BCUT2D eigenvalue weighted by Crippen LogP contribution is 2.25. The van der Waals surface area contributed by atoms with E-state index in [1.54, 1.807) is 5.57 Å². The molecule has 0 radical (unpaired) electrons. The van der Waals surface area contributed by atoms with Crippen molar-refractivity contribution in [1.29, 1.82) is 0 Å². The molecule has 1 N–H and O–H groups in total. The SMILES string of the molecule is C=CC/C=C(Cl)\C=C/CC(=NC)NC1=C(CC)CCCC1. The Labute approximate surface area is 134 Å². The Morgan fingerprint density at radius 1 is 1.38 bits per heavy atom. The number of rotatable bonds is 7. The molecular weight excluding hydrogens is 280 g/mol. The van der Waals surface area contributed by atoms with Crippen molar-refractivity contribution in [2.75, 3.05) is 7.05 Å². The van der Waals surface area contributed by atoms with E-state index in [2.05, 4.69) is 23.8 Å². The van der Waals surface area contributed by atoms with Crippen LogP contribution >= 0.6 is 11.6 Å². The van der Waals surface area contributed by atoms with Crippen LogP contribution in [0.2, 0.25) is 0 Å². The van der Waals surface area contributed by atoms with Gasteiger partial charge in [-0.1, -0.05) is 42.3 Å². The number of hydrogen-bond acceptors (Lipinski definition) is 1. The summed E-state index contributed by atoms with van der Waals surface area (Å²) >= 11 is 6.08. The average Bonchev–Trinajstić information content (AvgIpc) is 2.52. The van der Waals surface area contributed by atoms with Crippen molar-refractivity contribution in [3.05, 3.63) is 47.2 Å². The standard InChI is InChI=1S/C18H27ClN2/c1-4-6-11-16(19)12-9-14-18(20-3)21-17-13-8-7-10-15(17)5-2/h4,9,11-12H,1,5-8,10,13-14H2,2-3H3,(H,20,21)/b12-9-,16-11+. The summed E-state index contributed by atoms with van der Waals surface area (Å²) in [6.45, 7) is 5.90. The largest absolute Gasteiger partial charge is 0.347 e. The van der Waals surface area contributed by atoms with Crippen LogP contribution in [0.25, 0.3) is 0 Å². The average molecular weight is 307 g/mol. The molecular formula is C18H27ClN2. The van der Waals surface area contributed by atoms with Gasteiger partial charge in [-0.25, -0.2) is 0 Å². The Morgan fingerprint density at radius 2 is 2.14 bits per heavy atom. The zero-order chi connectivity index (χ0) is 15.5. The highest BCUT2D eigenvalue weighted by Gasteiger charge is 2.12. The maximum Gasteiger partial charge on any atom is 0.104 e. The zero-order valence-electron chi connectivity index (χ0n) is 13.3. The van der Waals surface area contributed by atoms with E-state index in [9.17, 15) is 0 Å². The molecule has 0 aliphatic heterocycles. The van der Waals surface area contributed by atoms with E-state index >= 15 is 0 Å². The van der Waals surface area contributed by atoms with Gasteiger partial charge in [-0.2, -0.15) is 0 Å². The third-order valence-corrected chi connectivity index (χ3v) is 3.92. The highest BCUT2D eigenvalue weighted by atomic mass is 35.5. The summed E-state index contributed by atoms with van der Waals surface area (Å²) in [5.74, 6) is 1.00. The lowest BCUT2D eigenvalue weighted by Crippen LogP contribution is -2.25. The molecule has 0 amide bonds. The van der Waals surface area contributed by atoms with Crippen molar-refractivity contribution >= 4 is 17.4 Å². The molecule has 0 heterocycles. The van der Waals surface area contributed by atoms with Gasteiger partial charge in [0.2, 0.25) is 0 Å². The molecule has 0 bridgehead atoms. The third-order valence-electron chi connectivity index (χ3n) is 3.64. The summed E-state index contributed by atoms with van der Waals surface area (Å²) in [5, 5.41) is 4.27. The molecule has 3 heteroatoms. The molecule has 1 aliphatic carbocycles. The Balaban J connectivity index is 2.58. The van der Waals surface area contributed by atoms with E-state index in [4.69, 9.17) is 11.6 Å². The molecule has 0 aromatic carbocycles. The molecule has 21 heavy (non-hydrogen) atoms. The molecule has 0 saturated heterocycles. The summed E-state index contributed by atoms with van der Waals surface area (Å²) in [7, 11) is 1.83. The first-order valence-corrected chi connectivity index (χ1v) is 8.15. The van der Waals surface area contributed by atoms with Gasteiger partial charge >= 0.3 is 0 Å². The van der Waals surface area contributed by atoms with Crippen molar-refractivity contribution in [3.8, 4) is 0 Å². The van der Waals surface area contributed by atoms with Gasteiger partial charge < -0.3 is 5.32 Å². The second kappa shape index (κ2) is 10.4. The molecule has 0 unspecified atom stereocenters. The second-order valence-corrected chi connectivity index (χ2v) is 5.59. The quantitative estimate of drug-likeness (QED) is 0.286. The minimum atomic E-state index is 0.747. The van der Waals surface area contributed by atoms with Gasteiger partial charge in [-0.15, -0.1) is 6.58 Å². The lowest BCUT2D eigenvalue weighted by molar-refractivity contribution is 0.635. The fourth-order valence-electron chi connectivity index (χ4n) is 2.43. The van der Waals surface area contributed by atoms with Crippen LogP contribution < -0.4 is 5.32 Å². The van der Waals surface area contributed by atoms with E-state index in [1.165, 1.54) is 25.0 Å². The summed E-state index contributed by atoms with van der Waals surface area (Å²) in [5.41, 5.74) is 2.93. The predicted octanol–water partition coefficient (Wildman–Crippen LogP) is 5.49. The van der Waals surface area contributed by atoms with Crippen LogP contribution in [0.4, 0.5) is 0 Å². The van der Waals surface area contributed by atoms with Crippen LogP contribution in [0.5, 0.6) is 0 Å². The number of allylic oxidation sites excluding steroid dienone is 6. The fraction of sp³-hybridized carbons (Fsp3) is 0.500. The molecule has 1 rings (SSSR count). The summed E-state index contributed by atoms with van der Waals surface area (Å²) in [6, 6.07) is 0.